The fourth-order valence-corrected chi connectivity index (χ4v) is 3.63. The summed E-state index contributed by atoms with van der Waals surface area (Å²) in [5.74, 6) is -1.55. The Hall–Kier alpha value is -2.22. The Morgan fingerprint density at radius 1 is 0.964 bits per heavy atom. The summed E-state index contributed by atoms with van der Waals surface area (Å²) in [4.78, 5) is 24.5. The first-order chi connectivity index (χ1) is 13.3. The summed E-state index contributed by atoms with van der Waals surface area (Å²) in [6.45, 7) is 1.76. The van der Waals surface area contributed by atoms with E-state index in [1.165, 1.54) is 0 Å². The second kappa shape index (κ2) is 8.86. The normalized spacial score (nSPS) is 16.7. The summed E-state index contributed by atoms with van der Waals surface area (Å²) in [5.41, 5.74) is 3.15. The number of aliphatic hydroxyl groups is 2. The summed E-state index contributed by atoms with van der Waals surface area (Å²) in [5, 5.41) is 25.6. The molecule has 2 amide bonds. The Balaban J connectivity index is 1.53. The third kappa shape index (κ3) is 4.79. The van der Waals surface area contributed by atoms with Crippen LogP contribution in [0.3, 0.4) is 0 Å². The lowest BCUT2D eigenvalue weighted by molar-refractivity contribution is -0.146. The van der Waals surface area contributed by atoms with Gasteiger partial charge in [0.05, 0.1) is 6.04 Å². The van der Waals surface area contributed by atoms with E-state index in [4.69, 9.17) is 0 Å². The minimum Gasteiger partial charge on any atom is -0.380 e. The van der Waals surface area contributed by atoms with E-state index in [9.17, 15) is 19.8 Å². The van der Waals surface area contributed by atoms with Gasteiger partial charge < -0.3 is 20.8 Å². The van der Waals surface area contributed by atoms with Crippen molar-refractivity contribution in [2.75, 3.05) is 0 Å². The molecule has 28 heavy (non-hydrogen) atoms. The topological polar surface area (TPSA) is 98.7 Å². The summed E-state index contributed by atoms with van der Waals surface area (Å²) in [6, 6.07) is 14.7. The van der Waals surface area contributed by atoms with Gasteiger partial charge in [-0.15, -0.1) is 0 Å². The second-order valence-corrected chi connectivity index (χ2v) is 7.97. The third-order valence-corrected chi connectivity index (χ3v) is 5.49. The van der Waals surface area contributed by atoms with Gasteiger partial charge in [0.1, 0.15) is 0 Å². The number of hydrogen-bond donors (Lipinski definition) is 4. The maximum absolute atomic E-state index is 12.3. The summed E-state index contributed by atoms with van der Waals surface area (Å²) in [6.07, 6.45) is -2.35. The molecule has 0 aliphatic heterocycles. The zero-order chi connectivity index (χ0) is 20.3. The average Bonchev–Trinajstić information content (AvgIpc) is 3.09. The van der Waals surface area contributed by atoms with E-state index in [1.807, 2.05) is 48.5 Å². The van der Waals surface area contributed by atoms with Gasteiger partial charge in [-0.1, -0.05) is 52.3 Å². The lowest BCUT2D eigenvalue weighted by atomic mass is 10.1. The summed E-state index contributed by atoms with van der Waals surface area (Å²) in [7, 11) is 0. The van der Waals surface area contributed by atoms with Crippen LogP contribution in [-0.2, 0) is 22.4 Å². The van der Waals surface area contributed by atoms with Crippen LogP contribution in [0.5, 0.6) is 0 Å². The van der Waals surface area contributed by atoms with Crippen molar-refractivity contribution in [1.82, 2.24) is 10.6 Å². The molecule has 4 N–H and O–H groups in total. The number of nitrogens with one attached hydrogen (secondary N) is 2. The van der Waals surface area contributed by atoms with Crippen molar-refractivity contribution in [1.29, 1.82) is 0 Å². The number of hydrogen-bond acceptors (Lipinski definition) is 4. The molecule has 3 atom stereocenters. The molecule has 3 rings (SSSR count). The predicted molar refractivity (Wildman–Crippen MR) is 108 cm³/mol. The fraction of sp³-hybridized carbons (Fsp3) is 0.333. The number of fused-ring (bicyclic) bond motifs is 1. The standard InChI is InChI=1S/C21H23BrN2O4/c1-12(13-6-8-16(22)9-7-13)23-20(27)18(25)19(26)21(28)24-17-10-14-4-2-3-5-15(14)11-17/h2-9,12,17-19,25-26H,10-11H2,1H3,(H,23,27)(H,24,28)/t12-,18+,19+/m0/s1. The van der Waals surface area contributed by atoms with Crippen LogP contribution in [-0.4, -0.2) is 40.3 Å². The van der Waals surface area contributed by atoms with E-state index >= 15 is 0 Å². The third-order valence-electron chi connectivity index (χ3n) is 4.96. The van der Waals surface area contributed by atoms with E-state index in [0.29, 0.717) is 12.8 Å². The molecule has 1 aliphatic carbocycles. The Bertz CT molecular complexity index is 831. The fourth-order valence-electron chi connectivity index (χ4n) is 3.37. The number of amides is 2. The van der Waals surface area contributed by atoms with E-state index in [1.54, 1.807) is 6.92 Å². The number of halogens is 1. The molecule has 0 fully saturated rings. The number of carbonyl (C=O) groups excluding carboxylic acids is 2. The summed E-state index contributed by atoms with van der Waals surface area (Å²) >= 11 is 3.34. The maximum Gasteiger partial charge on any atom is 0.252 e. The van der Waals surface area contributed by atoms with Crippen LogP contribution in [0.4, 0.5) is 0 Å². The lowest BCUT2D eigenvalue weighted by Crippen LogP contribution is -2.52. The van der Waals surface area contributed by atoms with Crippen LogP contribution < -0.4 is 10.6 Å². The van der Waals surface area contributed by atoms with Gasteiger partial charge in [-0.05, 0) is 48.6 Å². The molecule has 0 aromatic heterocycles. The van der Waals surface area contributed by atoms with Crippen LogP contribution in [0.25, 0.3) is 0 Å². The Morgan fingerprint density at radius 2 is 1.50 bits per heavy atom. The molecule has 2 aromatic rings. The van der Waals surface area contributed by atoms with Gasteiger partial charge in [0.15, 0.2) is 12.2 Å². The first-order valence-corrected chi connectivity index (χ1v) is 9.93. The average molecular weight is 447 g/mol. The van der Waals surface area contributed by atoms with Crippen LogP contribution in [0.1, 0.15) is 29.7 Å². The van der Waals surface area contributed by atoms with Crippen molar-refractivity contribution < 1.29 is 19.8 Å². The zero-order valence-corrected chi connectivity index (χ0v) is 17.0. The molecule has 7 heteroatoms. The largest absolute Gasteiger partial charge is 0.380 e. The molecule has 2 aromatic carbocycles. The van der Waals surface area contributed by atoms with Gasteiger partial charge in [0.2, 0.25) is 0 Å². The van der Waals surface area contributed by atoms with Crippen LogP contribution in [0.15, 0.2) is 53.0 Å². The number of aliphatic hydroxyl groups excluding tert-OH is 2. The molecular weight excluding hydrogens is 424 g/mol. The minimum absolute atomic E-state index is 0.156. The second-order valence-electron chi connectivity index (χ2n) is 7.05. The number of rotatable bonds is 6. The molecule has 148 valence electrons. The number of benzene rings is 2. The molecule has 0 unspecified atom stereocenters. The highest BCUT2D eigenvalue weighted by atomic mass is 79.9. The highest BCUT2D eigenvalue weighted by molar-refractivity contribution is 9.10. The van der Waals surface area contributed by atoms with Crippen molar-refractivity contribution in [3.63, 3.8) is 0 Å². The van der Waals surface area contributed by atoms with Gasteiger partial charge in [-0.25, -0.2) is 0 Å². The molecule has 0 radical (unpaired) electrons. The highest BCUT2D eigenvalue weighted by Gasteiger charge is 2.33. The number of carbonyl (C=O) groups is 2. The van der Waals surface area contributed by atoms with Gasteiger partial charge in [-0.3, -0.25) is 9.59 Å². The van der Waals surface area contributed by atoms with Crippen molar-refractivity contribution in [2.45, 2.75) is 44.1 Å². The first-order valence-electron chi connectivity index (χ1n) is 9.14. The quantitative estimate of drug-likeness (QED) is 0.541. The molecule has 0 heterocycles. The van der Waals surface area contributed by atoms with Crippen molar-refractivity contribution in [2.24, 2.45) is 0 Å². The van der Waals surface area contributed by atoms with E-state index in [2.05, 4.69) is 26.6 Å². The van der Waals surface area contributed by atoms with Gasteiger partial charge in [0, 0.05) is 10.5 Å². The molecule has 0 bridgehead atoms. The van der Waals surface area contributed by atoms with E-state index < -0.39 is 24.0 Å². The first kappa shape index (κ1) is 20.5. The minimum atomic E-state index is -1.85. The molecule has 6 nitrogen and oxygen atoms in total. The Kier molecular flexibility index (Phi) is 6.49. The van der Waals surface area contributed by atoms with Crippen molar-refractivity contribution in [3.05, 3.63) is 69.7 Å². The van der Waals surface area contributed by atoms with Gasteiger partial charge in [0.25, 0.3) is 11.8 Å². The molecular formula is C21H23BrN2O4. The van der Waals surface area contributed by atoms with Crippen LogP contribution in [0.2, 0.25) is 0 Å². The van der Waals surface area contributed by atoms with Gasteiger partial charge in [-0.2, -0.15) is 0 Å². The smallest absolute Gasteiger partial charge is 0.252 e. The van der Waals surface area contributed by atoms with E-state index in [-0.39, 0.29) is 12.1 Å². The predicted octanol–water partition coefficient (Wildman–Crippen LogP) is 1.63. The molecule has 1 aliphatic rings. The maximum atomic E-state index is 12.3. The van der Waals surface area contributed by atoms with Crippen LogP contribution >= 0.6 is 15.9 Å². The van der Waals surface area contributed by atoms with E-state index in [0.717, 1.165) is 21.2 Å². The zero-order valence-electron chi connectivity index (χ0n) is 15.4. The lowest BCUT2D eigenvalue weighted by Gasteiger charge is -2.22. The molecule has 0 saturated heterocycles. The highest BCUT2D eigenvalue weighted by Crippen LogP contribution is 2.22. The molecule has 0 saturated carbocycles. The van der Waals surface area contributed by atoms with Crippen molar-refractivity contribution in [3.8, 4) is 0 Å². The van der Waals surface area contributed by atoms with Gasteiger partial charge >= 0.3 is 0 Å². The monoisotopic (exact) mass is 446 g/mol. The van der Waals surface area contributed by atoms with Crippen LogP contribution in [0, 0.1) is 0 Å². The Morgan fingerprint density at radius 3 is 2.07 bits per heavy atom. The van der Waals surface area contributed by atoms with Crippen molar-refractivity contribution >= 4 is 27.7 Å². The SMILES string of the molecule is C[C@H](NC(=O)[C@H](O)[C@@H](O)C(=O)NC1Cc2ccccc2C1)c1ccc(Br)cc1. The molecule has 0 spiro atoms. The summed E-state index contributed by atoms with van der Waals surface area (Å²) < 4.78 is 0.913. The Labute approximate surface area is 172 Å².